The van der Waals surface area contributed by atoms with E-state index in [1.54, 1.807) is 0 Å². The summed E-state index contributed by atoms with van der Waals surface area (Å²) < 4.78 is 5.75. The van der Waals surface area contributed by atoms with Crippen molar-refractivity contribution in [1.82, 2.24) is 0 Å². The van der Waals surface area contributed by atoms with E-state index < -0.39 is 0 Å². The predicted molar refractivity (Wildman–Crippen MR) is 327 cm³/mol. The van der Waals surface area contributed by atoms with E-state index in [1.165, 1.54) is 0 Å². The fourth-order valence-electron chi connectivity index (χ4n) is 9.17. The van der Waals surface area contributed by atoms with E-state index in [0.29, 0.717) is 33.4 Å². The lowest BCUT2D eigenvalue weighted by atomic mass is 9.80. The second-order valence-electron chi connectivity index (χ2n) is 17.1. The van der Waals surface area contributed by atoms with Crippen LogP contribution in [0.5, 0.6) is 0 Å². The highest BCUT2D eigenvalue weighted by Gasteiger charge is 2.28. The summed E-state index contributed by atoms with van der Waals surface area (Å²) in [5.41, 5.74) is 12.1. The largest absolute Gasteiger partial charge is 0.311 e. The van der Waals surface area contributed by atoms with Gasteiger partial charge in [0.25, 0.3) is 0 Å². The first kappa shape index (κ1) is 51.4. The molecule has 12 heteroatoms. The van der Waals surface area contributed by atoms with Gasteiger partial charge >= 0.3 is 0 Å². The van der Waals surface area contributed by atoms with Crippen LogP contribution in [-0.2, 0) is 0 Å². The Morgan fingerprint density at radius 1 is 0.213 bits per heavy atom. The van der Waals surface area contributed by atoms with Crippen LogP contribution < -0.4 is 14.7 Å². The van der Waals surface area contributed by atoms with Gasteiger partial charge in [-0.25, -0.2) is 0 Å². The zero-order chi connectivity index (χ0) is 52.2. The molecule has 0 aliphatic heterocycles. The molecule has 0 amide bonds. The van der Waals surface area contributed by atoms with Crippen LogP contribution in [0.3, 0.4) is 0 Å². The molecule has 0 atom stereocenters. The fourth-order valence-corrected chi connectivity index (χ4v) is 10.8. The number of anilines is 9. The average molecular weight is 1360 g/mol. The molecule has 0 heterocycles. The number of rotatable bonds is 12. The van der Waals surface area contributed by atoms with Crippen molar-refractivity contribution in [2.75, 3.05) is 14.7 Å². The summed E-state index contributed by atoms with van der Waals surface area (Å²) in [7, 11) is 0. The summed E-state index contributed by atoms with van der Waals surface area (Å²) in [5.74, 6) is 0. The molecular weight excluding hydrogens is 1320 g/mol. The van der Waals surface area contributed by atoms with Crippen LogP contribution in [0.15, 0.2) is 245 Å². The van der Waals surface area contributed by atoms with Crippen molar-refractivity contribution in [2.24, 2.45) is 0 Å². The zero-order valence-electron chi connectivity index (χ0n) is 39.2. The third-order valence-corrected chi connectivity index (χ3v) is 15.8. The Labute approximate surface area is 486 Å². The molecular formula is C63H36Br6N6. The highest BCUT2D eigenvalue weighted by molar-refractivity contribution is 9.11. The molecule has 360 valence electrons. The molecule has 0 fully saturated rings. The summed E-state index contributed by atoms with van der Waals surface area (Å²) >= 11 is 21.6. The van der Waals surface area contributed by atoms with Crippen molar-refractivity contribution in [3.63, 3.8) is 0 Å². The van der Waals surface area contributed by atoms with E-state index >= 15 is 0 Å². The molecule has 6 nitrogen and oxygen atoms in total. The Morgan fingerprint density at radius 2 is 0.347 bits per heavy atom. The minimum atomic E-state index is 0.218. The normalized spacial score (nSPS) is 10.8. The third-order valence-electron chi connectivity index (χ3n) is 12.6. The Balaban J connectivity index is 1.17. The van der Waals surface area contributed by atoms with Crippen LogP contribution in [0.25, 0.3) is 33.4 Å². The van der Waals surface area contributed by atoms with Crippen LogP contribution in [0.2, 0.25) is 0 Å². The van der Waals surface area contributed by atoms with Crippen LogP contribution >= 0.6 is 95.6 Å². The summed E-state index contributed by atoms with van der Waals surface area (Å²) in [6.07, 6.45) is 0. The number of benzene rings is 10. The molecule has 0 unspecified atom stereocenters. The molecule has 0 aromatic heterocycles. The number of halogens is 6. The van der Waals surface area contributed by atoms with Gasteiger partial charge in [0.05, 0.1) is 16.7 Å². The van der Waals surface area contributed by atoms with Crippen LogP contribution in [-0.4, -0.2) is 0 Å². The van der Waals surface area contributed by atoms with Gasteiger partial charge in [0, 0.05) is 94.7 Å². The number of nitrogens with zero attached hydrogens (tertiary/aromatic N) is 6. The third kappa shape index (κ3) is 10.9. The molecule has 0 saturated heterocycles. The Hall–Kier alpha value is -7.05. The Bertz CT molecular complexity index is 3250. The maximum absolute atomic E-state index is 11.4. The van der Waals surface area contributed by atoms with Crippen molar-refractivity contribution in [1.29, 1.82) is 15.8 Å². The fraction of sp³-hybridized carbons (Fsp3) is 0. The van der Waals surface area contributed by atoms with Crippen molar-refractivity contribution >= 4 is 147 Å². The summed E-state index contributed by atoms with van der Waals surface area (Å²) in [6.45, 7) is 0. The van der Waals surface area contributed by atoms with Gasteiger partial charge in [-0.15, -0.1) is 0 Å². The molecule has 0 spiro atoms. The van der Waals surface area contributed by atoms with Crippen molar-refractivity contribution in [3.05, 3.63) is 262 Å². The summed E-state index contributed by atoms with van der Waals surface area (Å²) in [6, 6.07) is 79.8. The summed E-state index contributed by atoms with van der Waals surface area (Å²) in [5, 5.41) is 34.3. The van der Waals surface area contributed by atoms with E-state index in [4.69, 9.17) is 0 Å². The van der Waals surface area contributed by atoms with E-state index in [2.05, 4.69) is 128 Å². The smallest absolute Gasteiger partial charge is 0.101 e. The van der Waals surface area contributed by atoms with Crippen LogP contribution in [0, 0.1) is 34.0 Å². The van der Waals surface area contributed by atoms with E-state index in [1.807, 2.05) is 218 Å². The second-order valence-corrected chi connectivity index (χ2v) is 22.6. The lowest BCUT2D eigenvalue weighted by molar-refractivity contribution is 1.28. The molecule has 0 aliphatic rings. The molecule has 75 heavy (non-hydrogen) atoms. The molecule has 0 radical (unpaired) electrons. The van der Waals surface area contributed by atoms with Gasteiger partial charge in [-0.1, -0.05) is 132 Å². The molecule has 0 saturated carbocycles. The average Bonchev–Trinajstić information content (AvgIpc) is 3.44. The molecule has 10 aromatic carbocycles. The zero-order valence-corrected chi connectivity index (χ0v) is 48.8. The first-order chi connectivity index (χ1) is 36.5. The molecule has 10 aromatic rings. The molecule has 0 bridgehead atoms. The minimum absolute atomic E-state index is 0.218. The van der Waals surface area contributed by atoms with E-state index in [0.717, 1.165) is 78.0 Å². The number of hydrogen-bond acceptors (Lipinski definition) is 6. The van der Waals surface area contributed by atoms with Crippen LogP contribution in [0.4, 0.5) is 51.2 Å². The van der Waals surface area contributed by atoms with Crippen molar-refractivity contribution in [2.45, 2.75) is 0 Å². The molecule has 10 rings (SSSR count). The van der Waals surface area contributed by atoms with E-state index in [9.17, 15) is 15.8 Å². The maximum Gasteiger partial charge on any atom is 0.101 e. The van der Waals surface area contributed by atoms with Gasteiger partial charge in [0.15, 0.2) is 0 Å². The van der Waals surface area contributed by atoms with Gasteiger partial charge in [0.1, 0.15) is 18.2 Å². The van der Waals surface area contributed by atoms with Gasteiger partial charge in [-0.2, -0.15) is 15.8 Å². The van der Waals surface area contributed by atoms with Crippen molar-refractivity contribution < 1.29 is 0 Å². The van der Waals surface area contributed by atoms with Crippen LogP contribution in [0.1, 0.15) is 16.7 Å². The monoisotopic (exact) mass is 1350 g/mol. The SMILES string of the molecule is N#Cc1c(-c2ccc(N(c3ccc(Br)cc3)c3ccc(Br)cc3)cc2)c(C#N)c(-c2ccc(N(c3ccc(Br)cc3)c3ccc(Br)cc3)cc2)c(C#N)c1-c1ccc(N(c2ccc(Br)cc2)c2ccc(Br)cc2)cc1. The van der Waals surface area contributed by atoms with Gasteiger partial charge in [-0.05, 0) is 199 Å². The molecule has 0 aliphatic carbocycles. The first-order valence-corrected chi connectivity index (χ1v) is 28.0. The Kier molecular flexibility index (Phi) is 15.7. The highest BCUT2D eigenvalue weighted by Crippen LogP contribution is 2.47. The quantitative estimate of drug-likeness (QED) is 0.121. The highest BCUT2D eigenvalue weighted by atomic mass is 79.9. The summed E-state index contributed by atoms with van der Waals surface area (Å²) in [4.78, 5) is 6.44. The number of hydrogen-bond donors (Lipinski definition) is 0. The van der Waals surface area contributed by atoms with Crippen molar-refractivity contribution in [3.8, 4) is 51.6 Å². The lowest BCUT2D eigenvalue weighted by Crippen LogP contribution is -2.10. The van der Waals surface area contributed by atoms with Gasteiger partial charge in [0.2, 0.25) is 0 Å². The number of nitriles is 3. The second kappa shape index (κ2) is 22.8. The maximum atomic E-state index is 11.4. The first-order valence-electron chi connectivity index (χ1n) is 23.2. The Morgan fingerprint density at radius 3 is 0.480 bits per heavy atom. The topological polar surface area (TPSA) is 81.1 Å². The minimum Gasteiger partial charge on any atom is -0.311 e. The van der Waals surface area contributed by atoms with Gasteiger partial charge < -0.3 is 14.7 Å². The standard InChI is InChI=1S/C63H36Br6N6/c64-43-7-25-52(26-8-43)73(53-27-9-44(65)10-28-53)49-19-1-40(2-20-49)61-58(37-70)62(41-3-21-50(22-4-41)74(54-29-11-45(66)12-30-54)55-31-13-46(67)14-32-55)60(39-72)63(59(61)38-71)42-5-23-51(24-6-42)75(56-33-15-47(68)16-34-56)57-35-17-48(69)18-36-57/h1-36H. The van der Waals surface area contributed by atoms with E-state index in [-0.39, 0.29) is 16.7 Å². The predicted octanol–water partition coefficient (Wildman–Crippen LogP) is 21.3. The molecule has 0 N–H and O–H groups in total. The van der Waals surface area contributed by atoms with Gasteiger partial charge in [-0.3, -0.25) is 0 Å². The lowest BCUT2D eigenvalue weighted by Gasteiger charge is -2.27.